The molecule has 1 N–H and O–H groups in total. The summed E-state index contributed by atoms with van der Waals surface area (Å²) in [5, 5.41) is 3.68. The number of hydrogen-bond acceptors (Lipinski definition) is 2. The van der Waals surface area contributed by atoms with Crippen molar-refractivity contribution in [2.75, 3.05) is 0 Å². The molecule has 1 aliphatic carbocycles. The van der Waals surface area contributed by atoms with Crippen molar-refractivity contribution < 1.29 is 0 Å². The molecule has 0 aromatic rings. The van der Waals surface area contributed by atoms with Crippen LogP contribution in [-0.4, -0.2) is 24.3 Å². The van der Waals surface area contributed by atoms with Crippen LogP contribution in [0.25, 0.3) is 0 Å². The number of rotatable bonds is 0. The van der Waals surface area contributed by atoms with Crippen LogP contribution >= 0.6 is 0 Å². The van der Waals surface area contributed by atoms with E-state index in [1.165, 1.54) is 19.3 Å². The third-order valence-electron chi connectivity index (χ3n) is 4.52. The normalized spacial score (nSPS) is 50.9. The van der Waals surface area contributed by atoms with E-state index in [4.69, 9.17) is 4.99 Å². The molecule has 0 radical (unpaired) electrons. The highest BCUT2D eigenvalue weighted by molar-refractivity contribution is 5.67. The predicted molar refractivity (Wildman–Crippen MR) is 67.8 cm³/mol. The fourth-order valence-electron chi connectivity index (χ4n) is 3.60. The molecule has 6 unspecified atom stereocenters. The molecular formula is C14H22N2. The Bertz CT molecular complexity index is 321. The van der Waals surface area contributed by atoms with E-state index in [0.717, 1.165) is 5.92 Å². The Morgan fingerprint density at radius 3 is 2.94 bits per heavy atom. The summed E-state index contributed by atoms with van der Waals surface area (Å²) in [6.45, 7) is 4.59. The van der Waals surface area contributed by atoms with Crippen LogP contribution in [0.3, 0.4) is 0 Å². The van der Waals surface area contributed by atoms with Crippen molar-refractivity contribution in [2.24, 2.45) is 22.7 Å². The van der Waals surface area contributed by atoms with Gasteiger partial charge in [0.2, 0.25) is 0 Å². The monoisotopic (exact) mass is 218 g/mol. The minimum atomic E-state index is 0.531. The Labute approximate surface area is 98.2 Å². The van der Waals surface area contributed by atoms with Crippen LogP contribution in [0, 0.1) is 17.8 Å². The van der Waals surface area contributed by atoms with Crippen LogP contribution in [-0.2, 0) is 0 Å². The van der Waals surface area contributed by atoms with Gasteiger partial charge in [0.25, 0.3) is 0 Å². The molecule has 2 aliphatic heterocycles. The fraction of sp³-hybridized carbons (Fsp3) is 0.786. The number of aliphatic imine (C=N–C) groups is 1. The van der Waals surface area contributed by atoms with Gasteiger partial charge in [0, 0.05) is 24.2 Å². The van der Waals surface area contributed by atoms with E-state index in [1.54, 1.807) is 0 Å². The highest BCUT2D eigenvalue weighted by Gasteiger charge is 2.40. The van der Waals surface area contributed by atoms with Crippen molar-refractivity contribution in [2.45, 2.75) is 51.2 Å². The van der Waals surface area contributed by atoms with Crippen LogP contribution in [0.15, 0.2) is 17.1 Å². The first kappa shape index (κ1) is 10.5. The number of allylic oxidation sites excluding steroid dienone is 1. The first-order valence-corrected chi connectivity index (χ1v) is 6.71. The lowest BCUT2D eigenvalue weighted by atomic mass is 9.70. The average Bonchev–Trinajstić information content (AvgIpc) is 2.28. The van der Waals surface area contributed by atoms with E-state index in [2.05, 4.69) is 37.5 Å². The molecule has 88 valence electrons. The van der Waals surface area contributed by atoms with Gasteiger partial charge in [-0.3, -0.25) is 4.99 Å². The average molecular weight is 218 g/mol. The molecule has 2 heteroatoms. The Hall–Kier alpha value is -0.630. The van der Waals surface area contributed by atoms with Gasteiger partial charge in [0.1, 0.15) is 0 Å². The Balaban J connectivity index is 1.83. The smallest absolute Gasteiger partial charge is 0.0567 e. The summed E-state index contributed by atoms with van der Waals surface area (Å²) >= 11 is 0. The van der Waals surface area contributed by atoms with Crippen LogP contribution in [0.4, 0.5) is 0 Å². The summed E-state index contributed by atoms with van der Waals surface area (Å²) < 4.78 is 0. The van der Waals surface area contributed by atoms with Gasteiger partial charge in [-0.25, -0.2) is 0 Å². The molecule has 3 rings (SSSR count). The first-order chi connectivity index (χ1) is 7.74. The van der Waals surface area contributed by atoms with Crippen molar-refractivity contribution in [1.82, 2.24) is 5.32 Å². The second-order valence-electron chi connectivity index (χ2n) is 5.88. The number of nitrogens with one attached hydrogen (secondary N) is 1. The van der Waals surface area contributed by atoms with Gasteiger partial charge in [0.15, 0.2) is 0 Å². The molecule has 2 nitrogen and oxygen atoms in total. The van der Waals surface area contributed by atoms with Gasteiger partial charge < -0.3 is 5.32 Å². The lowest BCUT2D eigenvalue weighted by molar-refractivity contribution is 0.190. The molecule has 0 saturated carbocycles. The maximum atomic E-state index is 4.78. The molecule has 6 atom stereocenters. The van der Waals surface area contributed by atoms with Crippen molar-refractivity contribution in [1.29, 1.82) is 0 Å². The molecule has 3 aliphatic rings. The first-order valence-electron chi connectivity index (χ1n) is 6.71. The summed E-state index contributed by atoms with van der Waals surface area (Å²) in [6, 6.07) is 1.76. The van der Waals surface area contributed by atoms with Gasteiger partial charge in [-0.2, -0.15) is 0 Å². The third kappa shape index (κ3) is 1.73. The molecule has 2 heterocycles. The van der Waals surface area contributed by atoms with Crippen LogP contribution in [0.5, 0.6) is 0 Å². The quantitative estimate of drug-likeness (QED) is 0.620. The van der Waals surface area contributed by atoms with E-state index >= 15 is 0 Å². The van der Waals surface area contributed by atoms with Gasteiger partial charge in [-0.05, 0) is 38.0 Å². The summed E-state index contributed by atoms with van der Waals surface area (Å²) in [4.78, 5) is 4.78. The van der Waals surface area contributed by atoms with Gasteiger partial charge in [-0.15, -0.1) is 0 Å². The summed E-state index contributed by atoms with van der Waals surface area (Å²) in [7, 11) is 0. The van der Waals surface area contributed by atoms with E-state index in [-0.39, 0.29) is 0 Å². The number of hydrogen-bond donors (Lipinski definition) is 1. The van der Waals surface area contributed by atoms with Gasteiger partial charge >= 0.3 is 0 Å². The molecule has 0 aromatic heterocycles. The highest BCUT2D eigenvalue weighted by Crippen LogP contribution is 2.38. The van der Waals surface area contributed by atoms with E-state index in [0.29, 0.717) is 30.0 Å². The number of nitrogens with zero attached hydrogens (tertiary/aromatic N) is 1. The maximum absolute atomic E-state index is 4.78. The third-order valence-corrected chi connectivity index (χ3v) is 4.52. The lowest BCUT2D eigenvalue weighted by Gasteiger charge is -2.44. The molecule has 16 heavy (non-hydrogen) atoms. The van der Waals surface area contributed by atoms with Crippen molar-refractivity contribution >= 4 is 6.21 Å². The Kier molecular flexibility index (Phi) is 2.62. The summed E-state index contributed by atoms with van der Waals surface area (Å²) in [5.41, 5.74) is 0. The van der Waals surface area contributed by atoms with Crippen LogP contribution < -0.4 is 5.32 Å². The molecule has 1 fully saturated rings. The molecule has 0 spiro atoms. The van der Waals surface area contributed by atoms with E-state index in [1.807, 2.05) is 0 Å². The zero-order valence-corrected chi connectivity index (χ0v) is 10.3. The lowest BCUT2D eigenvalue weighted by Crippen LogP contribution is -2.53. The standard InChI is InChI=1S/C14H22N2/c1-9-3-5-11-12-6-4-10(2)16-14(12)8-15-13(11)7-9/h3,5,8-14,16H,4,6-7H2,1-2H3. The Morgan fingerprint density at radius 1 is 1.19 bits per heavy atom. The predicted octanol–water partition coefficient (Wildman–Crippen LogP) is 2.41. The fourth-order valence-corrected chi connectivity index (χ4v) is 3.60. The summed E-state index contributed by atoms with van der Waals surface area (Å²) in [6.07, 6.45) is 11.0. The zero-order valence-electron chi connectivity index (χ0n) is 10.3. The zero-order chi connectivity index (χ0) is 11.1. The second kappa shape index (κ2) is 3.99. The Morgan fingerprint density at radius 2 is 2.06 bits per heavy atom. The second-order valence-corrected chi connectivity index (χ2v) is 5.88. The minimum absolute atomic E-state index is 0.531. The van der Waals surface area contributed by atoms with E-state index < -0.39 is 0 Å². The van der Waals surface area contributed by atoms with Gasteiger partial charge in [-0.1, -0.05) is 19.1 Å². The SMILES string of the molecule is CC1C=CC2C(C1)N=CC1NC(C)CCC12. The van der Waals surface area contributed by atoms with Crippen LogP contribution in [0.2, 0.25) is 0 Å². The van der Waals surface area contributed by atoms with Crippen molar-refractivity contribution in [3.05, 3.63) is 12.2 Å². The minimum Gasteiger partial charge on any atom is -0.306 e. The topological polar surface area (TPSA) is 24.4 Å². The largest absolute Gasteiger partial charge is 0.306 e. The molecule has 0 aromatic carbocycles. The van der Waals surface area contributed by atoms with Crippen molar-refractivity contribution in [3.8, 4) is 0 Å². The van der Waals surface area contributed by atoms with Gasteiger partial charge in [0.05, 0.1) is 6.04 Å². The molecular weight excluding hydrogens is 196 g/mol. The van der Waals surface area contributed by atoms with Crippen LogP contribution in [0.1, 0.15) is 33.1 Å². The number of fused-ring (bicyclic) bond motifs is 3. The maximum Gasteiger partial charge on any atom is 0.0567 e. The molecule has 1 saturated heterocycles. The summed E-state index contributed by atoms with van der Waals surface area (Å²) in [5.74, 6) is 2.21. The van der Waals surface area contributed by atoms with Crippen molar-refractivity contribution in [3.63, 3.8) is 0 Å². The molecule has 0 amide bonds. The molecule has 0 bridgehead atoms. The highest BCUT2D eigenvalue weighted by atomic mass is 15.0. The van der Waals surface area contributed by atoms with E-state index in [9.17, 15) is 0 Å². The number of piperidine rings is 1.